The molecule has 1 heterocycles. The van der Waals surface area contributed by atoms with E-state index in [1.54, 1.807) is 13.3 Å². The molecule has 1 aliphatic carbocycles. The van der Waals surface area contributed by atoms with Gasteiger partial charge in [0.2, 0.25) is 0 Å². The van der Waals surface area contributed by atoms with Crippen LogP contribution in [0.2, 0.25) is 0 Å². The van der Waals surface area contributed by atoms with E-state index in [1.807, 2.05) is 18.2 Å². The van der Waals surface area contributed by atoms with Crippen LogP contribution >= 0.6 is 0 Å². The van der Waals surface area contributed by atoms with Gasteiger partial charge in [-0.2, -0.15) is 0 Å². The van der Waals surface area contributed by atoms with Gasteiger partial charge in [-0.15, -0.1) is 0 Å². The summed E-state index contributed by atoms with van der Waals surface area (Å²) < 4.78 is 11.7. The predicted molar refractivity (Wildman–Crippen MR) is 87.3 cm³/mol. The summed E-state index contributed by atoms with van der Waals surface area (Å²) >= 11 is 0. The first kappa shape index (κ1) is 15.3. The third kappa shape index (κ3) is 1.97. The minimum atomic E-state index is -0.811. The molecule has 22 heavy (non-hydrogen) atoms. The summed E-state index contributed by atoms with van der Waals surface area (Å²) in [4.78, 5) is 4.62. The van der Waals surface area contributed by atoms with Crippen molar-refractivity contribution in [3.05, 3.63) is 18.2 Å². The second-order valence-electron chi connectivity index (χ2n) is 7.74. The molecule has 1 unspecified atom stereocenters. The molecule has 1 saturated carbocycles. The first-order valence-corrected chi connectivity index (χ1v) is 7.83. The van der Waals surface area contributed by atoms with E-state index in [-0.39, 0.29) is 10.8 Å². The molecule has 1 fully saturated rings. The van der Waals surface area contributed by atoms with Crippen molar-refractivity contribution in [3.63, 3.8) is 0 Å². The second kappa shape index (κ2) is 4.72. The first-order chi connectivity index (χ1) is 10.2. The van der Waals surface area contributed by atoms with Gasteiger partial charge in [0.15, 0.2) is 5.60 Å². The van der Waals surface area contributed by atoms with Crippen LogP contribution < -0.4 is 9.47 Å². The largest absolute Gasteiger partial charge is 0.494 e. The van der Waals surface area contributed by atoms with Crippen molar-refractivity contribution in [1.29, 1.82) is 0 Å². The fourth-order valence-corrected chi connectivity index (χ4v) is 3.60. The van der Waals surface area contributed by atoms with E-state index in [2.05, 4.69) is 32.7 Å². The third-order valence-corrected chi connectivity index (χ3v) is 5.44. The summed E-state index contributed by atoms with van der Waals surface area (Å²) in [7, 11) is 1.62. The molecule has 1 aromatic carbocycles. The maximum Gasteiger partial charge on any atom is 0.175 e. The number of para-hydroxylation sites is 1. The van der Waals surface area contributed by atoms with Crippen molar-refractivity contribution >= 4 is 11.9 Å². The summed E-state index contributed by atoms with van der Waals surface area (Å²) in [6, 6.07) is 5.64. The molecule has 1 N–H and O–H groups in total. The summed E-state index contributed by atoms with van der Waals surface area (Å²) in [6.07, 6.45) is 3.11. The van der Waals surface area contributed by atoms with Gasteiger partial charge < -0.3 is 14.6 Å². The Morgan fingerprint density at radius 3 is 2.64 bits per heavy atom. The molecule has 0 amide bonds. The molecule has 2 aliphatic rings. The van der Waals surface area contributed by atoms with Crippen LogP contribution in [0.1, 0.15) is 40.5 Å². The number of nitrogens with zero attached hydrogens (tertiary/aromatic N) is 1. The van der Waals surface area contributed by atoms with Gasteiger partial charge >= 0.3 is 0 Å². The molecule has 1 spiro atoms. The van der Waals surface area contributed by atoms with E-state index in [1.165, 1.54) is 0 Å². The highest BCUT2D eigenvalue weighted by Crippen LogP contribution is 2.55. The van der Waals surface area contributed by atoms with Gasteiger partial charge in [0.1, 0.15) is 23.3 Å². The summed E-state index contributed by atoms with van der Waals surface area (Å²) in [5.74, 6) is 1.36. The number of hydrogen-bond acceptors (Lipinski definition) is 4. The number of ether oxygens (including phenoxy) is 2. The maximum atomic E-state index is 11.1. The number of rotatable bonds is 1. The molecule has 120 valence electrons. The van der Waals surface area contributed by atoms with E-state index in [9.17, 15) is 5.11 Å². The van der Waals surface area contributed by atoms with Crippen LogP contribution in [0.3, 0.4) is 0 Å². The van der Waals surface area contributed by atoms with Crippen LogP contribution in [0.15, 0.2) is 23.2 Å². The lowest BCUT2D eigenvalue weighted by atomic mass is 9.56. The molecular weight excluding hydrogens is 278 g/mol. The van der Waals surface area contributed by atoms with Crippen molar-refractivity contribution in [3.8, 4) is 11.5 Å². The Labute approximate surface area is 132 Å². The molecule has 1 aliphatic heterocycles. The number of aliphatic hydroxyl groups excluding tert-OH is 1. The summed E-state index contributed by atoms with van der Waals surface area (Å²) in [6.45, 7) is 8.46. The molecular formula is C18H25NO3. The van der Waals surface area contributed by atoms with Crippen molar-refractivity contribution < 1.29 is 14.6 Å². The molecule has 2 atom stereocenters. The number of benzene rings is 1. The van der Waals surface area contributed by atoms with Crippen LogP contribution in [-0.4, -0.2) is 30.1 Å². The average Bonchev–Trinajstić information content (AvgIpc) is 2.49. The average molecular weight is 303 g/mol. The van der Waals surface area contributed by atoms with Crippen molar-refractivity contribution in [2.45, 2.75) is 52.2 Å². The lowest BCUT2D eigenvalue weighted by Gasteiger charge is -2.56. The predicted octanol–water partition coefficient (Wildman–Crippen LogP) is 3.74. The zero-order chi connectivity index (χ0) is 16.2. The van der Waals surface area contributed by atoms with Crippen molar-refractivity contribution in [2.24, 2.45) is 15.8 Å². The van der Waals surface area contributed by atoms with Gasteiger partial charge in [0, 0.05) is 5.41 Å². The number of methoxy groups -OCH3 is 1. The SMILES string of the molecule is COc1cccc2c1N=C[C@]1(O2)C(O)C(C)(C)CCC1(C)C. The van der Waals surface area contributed by atoms with E-state index in [4.69, 9.17) is 9.47 Å². The van der Waals surface area contributed by atoms with Crippen LogP contribution in [0.5, 0.6) is 11.5 Å². The fraction of sp³-hybridized carbons (Fsp3) is 0.611. The minimum absolute atomic E-state index is 0.202. The molecule has 0 bridgehead atoms. The monoisotopic (exact) mass is 303 g/mol. The Bertz CT molecular complexity index is 621. The van der Waals surface area contributed by atoms with Gasteiger partial charge in [-0.1, -0.05) is 33.8 Å². The zero-order valence-electron chi connectivity index (χ0n) is 14.0. The van der Waals surface area contributed by atoms with Gasteiger partial charge in [-0.05, 0) is 30.4 Å². The Balaban J connectivity index is 2.12. The molecule has 4 nitrogen and oxygen atoms in total. The van der Waals surface area contributed by atoms with E-state index in [0.717, 1.165) is 12.8 Å². The van der Waals surface area contributed by atoms with Crippen LogP contribution in [0.4, 0.5) is 5.69 Å². The van der Waals surface area contributed by atoms with Gasteiger partial charge in [0.25, 0.3) is 0 Å². The van der Waals surface area contributed by atoms with Crippen LogP contribution in [0, 0.1) is 10.8 Å². The number of aliphatic imine (C=N–C) groups is 1. The number of hydrogen-bond donors (Lipinski definition) is 1. The topological polar surface area (TPSA) is 51.0 Å². The lowest BCUT2D eigenvalue weighted by molar-refractivity contribution is -0.158. The number of fused-ring (bicyclic) bond motifs is 1. The highest BCUT2D eigenvalue weighted by atomic mass is 16.5. The van der Waals surface area contributed by atoms with Gasteiger partial charge in [0.05, 0.1) is 13.3 Å². The van der Waals surface area contributed by atoms with Crippen LogP contribution in [-0.2, 0) is 0 Å². The Hall–Kier alpha value is -1.55. The van der Waals surface area contributed by atoms with Crippen molar-refractivity contribution in [1.82, 2.24) is 0 Å². The molecule has 3 rings (SSSR count). The summed E-state index contributed by atoms with van der Waals surface area (Å²) in [5, 5.41) is 11.1. The Kier molecular flexibility index (Phi) is 3.29. The molecule has 0 radical (unpaired) electrons. The standard InChI is InChI=1S/C18H25NO3/c1-16(2)9-10-17(3,4)18(15(16)20)11-19-14-12(21-5)7-6-8-13(14)22-18/h6-8,11,15,20H,9-10H2,1-5H3/t15?,18-/m0/s1. The Morgan fingerprint density at radius 1 is 1.23 bits per heavy atom. The lowest BCUT2D eigenvalue weighted by Crippen LogP contribution is -2.67. The minimum Gasteiger partial charge on any atom is -0.494 e. The molecule has 1 aromatic rings. The fourth-order valence-electron chi connectivity index (χ4n) is 3.60. The molecule has 4 heteroatoms. The smallest absolute Gasteiger partial charge is 0.175 e. The van der Waals surface area contributed by atoms with E-state index >= 15 is 0 Å². The summed E-state index contributed by atoms with van der Waals surface area (Å²) in [5.41, 5.74) is -0.528. The van der Waals surface area contributed by atoms with Crippen molar-refractivity contribution in [2.75, 3.05) is 7.11 Å². The molecule has 0 aromatic heterocycles. The second-order valence-corrected chi connectivity index (χ2v) is 7.74. The van der Waals surface area contributed by atoms with E-state index in [0.29, 0.717) is 17.2 Å². The third-order valence-electron chi connectivity index (χ3n) is 5.44. The van der Waals surface area contributed by atoms with Crippen LogP contribution in [0.25, 0.3) is 0 Å². The van der Waals surface area contributed by atoms with E-state index < -0.39 is 11.7 Å². The Morgan fingerprint density at radius 2 is 1.95 bits per heavy atom. The maximum absolute atomic E-state index is 11.1. The first-order valence-electron chi connectivity index (χ1n) is 7.83. The number of aliphatic hydroxyl groups is 1. The van der Waals surface area contributed by atoms with Gasteiger partial charge in [-0.25, -0.2) is 4.99 Å². The quantitative estimate of drug-likeness (QED) is 0.860. The highest BCUT2D eigenvalue weighted by Gasteiger charge is 2.60. The molecule has 0 saturated heterocycles. The van der Waals surface area contributed by atoms with Gasteiger partial charge in [-0.3, -0.25) is 0 Å². The normalized spacial score (nSPS) is 31.5. The zero-order valence-corrected chi connectivity index (χ0v) is 14.0. The highest BCUT2D eigenvalue weighted by molar-refractivity contribution is 5.82.